The minimum atomic E-state index is -2.07. The molecule has 0 saturated carbocycles. The van der Waals surface area contributed by atoms with E-state index in [4.69, 9.17) is 0 Å². The van der Waals surface area contributed by atoms with Gasteiger partial charge in [0.2, 0.25) is 0 Å². The summed E-state index contributed by atoms with van der Waals surface area (Å²) >= 11 is -2.07. The molecule has 0 radical (unpaired) electrons. The second-order valence-electron chi connectivity index (χ2n) is 5.60. The second kappa shape index (κ2) is 7.47. The van der Waals surface area contributed by atoms with Crippen LogP contribution in [0.5, 0.6) is 0 Å². The number of amides is 2. The molecule has 1 aromatic carbocycles. The van der Waals surface area contributed by atoms with Crippen molar-refractivity contribution in [1.29, 1.82) is 0 Å². The Hall–Kier alpha value is -1.30. The van der Waals surface area contributed by atoms with Crippen molar-refractivity contribution in [2.24, 2.45) is 0 Å². The van der Waals surface area contributed by atoms with Crippen molar-refractivity contribution in [3.8, 4) is 0 Å². The first kappa shape index (κ1) is 16.8. The number of hydrogen-bond acceptors (Lipinski definition) is 2. The van der Waals surface area contributed by atoms with Gasteiger partial charge in [0, 0.05) is 0 Å². The molecule has 4 nitrogen and oxygen atoms in total. The van der Waals surface area contributed by atoms with Gasteiger partial charge in [-0.15, -0.1) is 0 Å². The average Bonchev–Trinajstić information content (AvgIpc) is 2.41. The maximum atomic E-state index is 11.5. The van der Waals surface area contributed by atoms with Crippen molar-refractivity contribution >= 4 is 39.8 Å². The van der Waals surface area contributed by atoms with Gasteiger partial charge in [-0.2, -0.15) is 0 Å². The van der Waals surface area contributed by atoms with E-state index in [2.05, 4.69) is 37.8 Å². The summed E-state index contributed by atoms with van der Waals surface area (Å²) in [5, 5.41) is 0. The van der Waals surface area contributed by atoms with Crippen molar-refractivity contribution in [2.75, 3.05) is 0 Å². The number of carbonyl (C=O) groups excluding carboxylic acids is 2. The normalized spacial score (nSPS) is 11.4. The molecular formula is C15H22N2O2Sn. The monoisotopic (exact) mass is 382 g/mol. The summed E-state index contributed by atoms with van der Waals surface area (Å²) in [5.74, 6) is -0.549. The maximum absolute atomic E-state index is 11.5. The Kier molecular flexibility index (Phi) is 6.26. The van der Waals surface area contributed by atoms with E-state index in [0.717, 1.165) is 5.56 Å². The van der Waals surface area contributed by atoms with Gasteiger partial charge in [0.05, 0.1) is 0 Å². The summed E-state index contributed by atoms with van der Waals surface area (Å²) in [6, 6.07) is 8.29. The molecule has 0 spiro atoms. The first-order chi connectivity index (χ1) is 9.32. The SMILES string of the molecule is CCC(=O)NNC(=O)C=Cc1ccc[c]([Sn]([CH3])([CH3])[CH3])c1. The summed E-state index contributed by atoms with van der Waals surface area (Å²) in [7, 11) is 0. The molecule has 0 fully saturated rings. The molecule has 20 heavy (non-hydrogen) atoms. The Morgan fingerprint density at radius 1 is 1.20 bits per heavy atom. The summed E-state index contributed by atoms with van der Waals surface area (Å²) in [6.45, 7) is 1.72. The zero-order chi connectivity index (χ0) is 15.2. The Bertz CT molecular complexity index is 519. The molecule has 2 amide bonds. The Morgan fingerprint density at radius 2 is 1.90 bits per heavy atom. The van der Waals surface area contributed by atoms with Crippen LogP contribution in [0.3, 0.4) is 0 Å². The molecule has 108 valence electrons. The van der Waals surface area contributed by atoms with Crippen molar-refractivity contribution in [3.63, 3.8) is 0 Å². The van der Waals surface area contributed by atoms with Crippen LogP contribution in [0.1, 0.15) is 18.9 Å². The second-order valence-corrected chi connectivity index (χ2v) is 20.1. The van der Waals surface area contributed by atoms with Gasteiger partial charge < -0.3 is 0 Å². The summed E-state index contributed by atoms with van der Waals surface area (Å²) in [4.78, 5) is 29.6. The van der Waals surface area contributed by atoms with Crippen LogP contribution in [0, 0.1) is 0 Å². The summed E-state index contributed by atoms with van der Waals surface area (Å²) < 4.78 is 1.42. The van der Waals surface area contributed by atoms with E-state index < -0.39 is 18.4 Å². The summed E-state index contributed by atoms with van der Waals surface area (Å²) in [5.41, 5.74) is 5.67. The average molecular weight is 381 g/mol. The number of benzene rings is 1. The van der Waals surface area contributed by atoms with Gasteiger partial charge in [-0.3, -0.25) is 0 Å². The van der Waals surface area contributed by atoms with Crippen LogP contribution >= 0.6 is 0 Å². The standard InChI is InChI=1S/C12H13N2O2.3CH3.Sn/c1-2-11(15)13-14-12(16)9-8-10-6-4-3-5-7-10;;;;/h3-4,6-9H,2H2,1H3,(H,13,15)(H,14,16);3*1H3;. The van der Waals surface area contributed by atoms with Gasteiger partial charge in [0.15, 0.2) is 0 Å². The van der Waals surface area contributed by atoms with Crippen LogP contribution in [0.4, 0.5) is 0 Å². The molecule has 5 heteroatoms. The van der Waals surface area contributed by atoms with Gasteiger partial charge in [0.25, 0.3) is 0 Å². The number of hydrogen-bond donors (Lipinski definition) is 2. The number of hydrazine groups is 1. The van der Waals surface area contributed by atoms with Crippen molar-refractivity contribution in [2.45, 2.75) is 28.2 Å². The zero-order valence-corrected chi connectivity index (χ0v) is 15.3. The van der Waals surface area contributed by atoms with Crippen LogP contribution in [-0.2, 0) is 9.59 Å². The van der Waals surface area contributed by atoms with Crippen LogP contribution in [-0.4, -0.2) is 30.2 Å². The van der Waals surface area contributed by atoms with E-state index in [1.807, 2.05) is 12.1 Å². The molecule has 1 aromatic rings. The van der Waals surface area contributed by atoms with Crippen molar-refractivity contribution in [3.05, 3.63) is 35.9 Å². The third-order valence-electron chi connectivity index (χ3n) is 2.83. The van der Waals surface area contributed by atoms with Gasteiger partial charge in [0.1, 0.15) is 0 Å². The van der Waals surface area contributed by atoms with Crippen LogP contribution in [0.25, 0.3) is 6.08 Å². The van der Waals surface area contributed by atoms with E-state index in [9.17, 15) is 9.59 Å². The first-order valence-corrected chi connectivity index (χ1v) is 16.7. The fourth-order valence-electron chi connectivity index (χ4n) is 1.54. The van der Waals surface area contributed by atoms with E-state index in [1.54, 1.807) is 13.0 Å². The molecule has 0 bridgehead atoms. The molecule has 2 N–H and O–H groups in total. The summed E-state index contributed by atoms with van der Waals surface area (Å²) in [6.07, 6.45) is 3.52. The molecule has 0 unspecified atom stereocenters. The van der Waals surface area contributed by atoms with Crippen molar-refractivity contribution in [1.82, 2.24) is 10.9 Å². The Labute approximate surface area is 124 Å². The molecule has 0 aliphatic carbocycles. The molecular weight excluding hydrogens is 359 g/mol. The number of nitrogens with one attached hydrogen (secondary N) is 2. The zero-order valence-electron chi connectivity index (χ0n) is 12.5. The molecule has 1 rings (SSSR count). The van der Waals surface area contributed by atoms with Gasteiger partial charge in [-0.05, 0) is 0 Å². The van der Waals surface area contributed by atoms with Crippen LogP contribution in [0.2, 0.25) is 14.8 Å². The fraction of sp³-hybridized carbons (Fsp3) is 0.333. The fourth-order valence-corrected chi connectivity index (χ4v) is 4.96. The number of carbonyl (C=O) groups is 2. The third kappa shape index (κ3) is 5.77. The molecule has 0 heterocycles. The minimum absolute atomic E-state index is 0.212. The molecule has 0 saturated heterocycles. The molecule has 0 aliphatic heterocycles. The molecule has 0 aliphatic rings. The van der Waals surface area contributed by atoms with Gasteiger partial charge >= 0.3 is 124 Å². The quantitative estimate of drug-likeness (QED) is 0.475. The number of rotatable bonds is 4. The predicted molar refractivity (Wildman–Crippen MR) is 85.0 cm³/mol. The van der Waals surface area contributed by atoms with E-state index in [1.165, 1.54) is 9.66 Å². The first-order valence-electron chi connectivity index (χ1n) is 6.70. The Morgan fingerprint density at radius 3 is 2.50 bits per heavy atom. The van der Waals surface area contributed by atoms with Crippen LogP contribution in [0.15, 0.2) is 30.3 Å². The molecule has 0 atom stereocenters. The topological polar surface area (TPSA) is 58.2 Å². The van der Waals surface area contributed by atoms with Gasteiger partial charge in [-0.25, -0.2) is 0 Å². The van der Waals surface area contributed by atoms with E-state index in [-0.39, 0.29) is 11.8 Å². The van der Waals surface area contributed by atoms with Crippen molar-refractivity contribution < 1.29 is 9.59 Å². The van der Waals surface area contributed by atoms with E-state index >= 15 is 0 Å². The van der Waals surface area contributed by atoms with Gasteiger partial charge in [-0.1, -0.05) is 0 Å². The Balaban J connectivity index is 2.66. The van der Waals surface area contributed by atoms with Crippen LogP contribution < -0.4 is 14.4 Å². The predicted octanol–water partition coefficient (Wildman–Crippen LogP) is 1.80. The third-order valence-corrected chi connectivity index (χ3v) is 8.66. The molecule has 0 aromatic heterocycles. The van der Waals surface area contributed by atoms with E-state index in [0.29, 0.717) is 6.42 Å².